The fourth-order valence-electron chi connectivity index (χ4n) is 3.68. The molecule has 2 aliphatic heterocycles. The molecule has 2 fully saturated rings. The number of urea groups is 1. The molecule has 5 nitrogen and oxygen atoms in total. The van der Waals surface area contributed by atoms with Crippen LogP contribution in [0, 0.1) is 11.8 Å². The molecule has 5 heteroatoms. The van der Waals surface area contributed by atoms with Crippen molar-refractivity contribution in [2.45, 2.75) is 58.4 Å². The third-order valence-electron chi connectivity index (χ3n) is 5.05. The average Bonchev–Trinajstić information content (AvgIpc) is 2.47. The Morgan fingerprint density at radius 2 is 1.81 bits per heavy atom. The minimum Gasteiger partial charge on any atom is -0.481 e. The van der Waals surface area contributed by atoms with Crippen molar-refractivity contribution >= 4 is 12.0 Å². The number of aliphatic carboxylic acids is 1. The van der Waals surface area contributed by atoms with Gasteiger partial charge >= 0.3 is 12.0 Å². The smallest absolute Gasteiger partial charge is 0.320 e. The molecule has 0 aliphatic carbocycles. The van der Waals surface area contributed by atoms with Crippen molar-refractivity contribution in [1.29, 1.82) is 0 Å². The molecule has 2 unspecified atom stereocenters. The summed E-state index contributed by atoms with van der Waals surface area (Å²) in [5.74, 6) is -0.247. The first-order valence-corrected chi connectivity index (χ1v) is 8.31. The van der Waals surface area contributed by atoms with E-state index in [1.807, 2.05) is 16.7 Å². The molecule has 2 heterocycles. The highest BCUT2D eigenvalue weighted by Crippen LogP contribution is 2.27. The first-order chi connectivity index (χ1) is 10.0. The van der Waals surface area contributed by atoms with Crippen LogP contribution < -0.4 is 0 Å². The number of hydrogen-bond acceptors (Lipinski definition) is 2. The van der Waals surface area contributed by atoms with E-state index in [2.05, 4.69) is 6.92 Å². The predicted molar refractivity (Wildman–Crippen MR) is 81.1 cm³/mol. The molecular weight excluding hydrogens is 268 g/mol. The molecule has 2 atom stereocenters. The van der Waals surface area contributed by atoms with Gasteiger partial charge in [-0.15, -0.1) is 0 Å². The van der Waals surface area contributed by atoms with Gasteiger partial charge in [-0.2, -0.15) is 0 Å². The molecule has 0 saturated carbocycles. The lowest BCUT2D eigenvalue weighted by atomic mass is 9.91. The van der Waals surface area contributed by atoms with Crippen molar-refractivity contribution in [3.8, 4) is 0 Å². The maximum atomic E-state index is 12.6. The summed E-state index contributed by atoms with van der Waals surface area (Å²) in [7, 11) is 0. The number of carboxylic acid groups (broad SMARTS) is 1. The first-order valence-electron chi connectivity index (χ1n) is 8.31. The zero-order chi connectivity index (χ0) is 15.4. The van der Waals surface area contributed by atoms with Gasteiger partial charge in [0.25, 0.3) is 0 Å². The van der Waals surface area contributed by atoms with Crippen LogP contribution in [0.1, 0.15) is 52.4 Å². The Morgan fingerprint density at radius 3 is 2.33 bits per heavy atom. The van der Waals surface area contributed by atoms with E-state index >= 15 is 0 Å². The average molecular weight is 296 g/mol. The number of amides is 2. The molecule has 0 aromatic heterocycles. The second-order valence-electron chi connectivity index (χ2n) is 6.60. The highest BCUT2D eigenvalue weighted by molar-refractivity contribution is 5.76. The molecule has 120 valence electrons. The lowest BCUT2D eigenvalue weighted by Gasteiger charge is -2.41. The van der Waals surface area contributed by atoms with Crippen LogP contribution in [0.25, 0.3) is 0 Å². The topological polar surface area (TPSA) is 60.9 Å². The van der Waals surface area contributed by atoms with Gasteiger partial charge in [0.1, 0.15) is 0 Å². The molecule has 0 radical (unpaired) electrons. The number of piperidine rings is 2. The van der Waals surface area contributed by atoms with Gasteiger partial charge in [0.05, 0.1) is 5.92 Å². The van der Waals surface area contributed by atoms with Gasteiger partial charge in [-0.05, 0) is 38.5 Å². The molecule has 0 bridgehead atoms. The third-order valence-corrected chi connectivity index (χ3v) is 5.05. The van der Waals surface area contributed by atoms with E-state index in [-0.39, 0.29) is 18.0 Å². The lowest BCUT2D eigenvalue weighted by Crippen LogP contribution is -2.53. The van der Waals surface area contributed by atoms with Crippen molar-refractivity contribution in [3.05, 3.63) is 0 Å². The molecule has 2 amide bonds. The Morgan fingerprint density at radius 1 is 1.14 bits per heavy atom. The SMILES string of the molecule is CCCC1CCN(C(=O)N2CCC(C(=O)O)CC2C)CC1. The lowest BCUT2D eigenvalue weighted by molar-refractivity contribution is -0.143. The van der Waals surface area contributed by atoms with E-state index in [9.17, 15) is 9.59 Å². The van der Waals surface area contributed by atoms with Crippen LogP contribution in [0.3, 0.4) is 0 Å². The zero-order valence-electron chi connectivity index (χ0n) is 13.3. The third kappa shape index (κ3) is 3.89. The first kappa shape index (κ1) is 16.1. The number of hydrogen-bond donors (Lipinski definition) is 1. The van der Waals surface area contributed by atoms with Crippen LogP contribution in [0.2, 0.25) is 0 Å². The van der Waals surface area contributed by atoms with Crippen molar-refractivity contribution < 1.29 is 14.7 Å². The number of carboxylic acids is 1. The summed E-state index contributed by atoms with van der Waals surface area (Å²) in [6.07, 6.45) is 5.87. The number of nitrogens with zero attached hydrogens (tertiary/aromatic N) is 2. The van der Waals surface area contributed by atoms with Gasteiger partial charge in [0.15, 0.2) is 0 Å². The predicted octanol–water partition coefficient (Wildman–Crippen LogP) is 2.80. The second-order valence-corrected chi connectivity index (χ2v) is 6.60. The minimum atomic E-state index is -0.727. The standard InChI is InChI=1S/C16H28N2O3/c1-3-4-13-5-8-17(9-6-13)16(21)18-10-7-14(15(19)20)11-12(18)2/h12-14H,3-11H2,1-2H3,(H,19,20). The Kier molecular flexibility index (Phi) is 5.48. The van der Waals surface area contributed by atoms with Gasteiger partial charge in [-0.25, -0.2) is 4.79 Å². The summed E-state index contributed by atoms with van der Waals surface area (Å²) < 4.78 is 0. The van der Waals surface area contributed by atoms with E-state index < -0.39 is 5.97 Å². The molecule has 2 rings (SSSR count). The van der Waals surface area contributed by atoms with Crippen LogP contribution >= 0.6 is 0 Å². The number of rotatable bonds is 3. The zero-order valence-corrected chi connectivity index (χ0v) is 13.3. The van der Waals surface area contributed by atoms with Crippen LogP contribution in [0.5, 0.6) is 0 Å². The quantitative estimate of drug-likeness (QED) is 0.871. The van der Waals surface area contributed by atoms with Crippen LogP contribution in [0.4, 0.5) is 4.79 Å². The fraction of sp³-hybridized carbons (Fsp3) is 0.875. The van der Waals surface area contributed by atoms with Gasteiger partial charge in [-0.3, -0.25) is 4.79 Å². The highest BCUT2D eigenvalue weighted by Gasteiger charge is 2.35. The molecule has 21 heavy (non-hydrogen) atoms. The van der Waals surface area contributed by atoms with Crippen LogP contribution in [-0.2, 0) is 4.79 Å². The summed E-state index contributed by atoms with van der Waals surface area (Å²) in [6, 6.07) is 0.141. The maximum Gasteiger partial charge on any atom is 0.320 e. The van der Waals surface area contributed by atoms with Crippen molar-refractivity contribution in [2.24, 2.45) is 11.8 Å². The number of carbonyl (C=O) groups is 2. The minimum absolute atomic E-state index is 0.0284. The monoisotopic (exact) mass is 296 g/mol. The normalized spacial score (nSPS) is 27.7. The Bertz CT molecular complexity index is 378. The maximum absolute atomic E-state index is 12.6. The van der Waals surface area contributed by atoms with Gasteiger partial charge < -0.3 is 14.9 Å². The molecular formula is C16H28N2O3. The Balaban J connectivity index is 1.85. The molecule has 0 aromatic rings. The molecule has 0 aromatic carbocycles. The Hall–Kier alpha value is -1.26. The molecule has 0 spiro atoms. The number of carbonyl (C=O) groups excluding carboxylic acids is 1. The summed E-state index contributed by atoms with van der Waals surface area (Å²) in [4.78, 5) is 27.5. The summed E-state index contributed by atoms with van der Waals surface area (Å²) in [5.41, 5.74) is 0. The summed E-state index contributed by atoms with van der Waals surface area (Å²) >= 11 is 0. The van der Waals surface area contributed by atoms with Gasteiger partial charge in [-0.1, -0.05) is 19.8 Å². The Labute approximate surface area is 127 Å². The summed E-state index contributed by atoms with van der Waals surface area (Å²) in [5, 5.41) is 9.10. The summed E-state index contributed by atoms with van der Waals surface area (Å²) in [6.45, 7) is 6.47. The largest absolute Gasteiger partial charge is 0.481 e. The molecule has 1 N–H and O–H groups in total. The van der Waals surface area contributed by atoms with E-state index in [1.54, 1.807) is 0 Å². The van der Waals surface area contributed by atoms with E-state index in [0.717, 1.165) is 31.8 Å². The second kappa shape index (κ2) is 7.14. The van der Waals surface area contributed by atoms with E-state index in [1.165, 1.54) is 12.8 Å². The van der Waals surface area contributed by atoms with Crippen LogP contribution in [-0.4, -0.2) is 52.6 Å². The fourth-order valence-corrected chi connectivity index (χ4v) is 3.68. The van der Waals surface area contributed by atoms with Crippen molar-refractivity contribution in [2.75, 3.05) is 19.6 Å². The highest BCUT2D eigenvalue weighted by atomic mass is 16.4. The van der Waals surface area contributed by atoms with E-state index in [4.69, 9.17) is 5.11 Å². The number of likely N-dealkylation sites (tertiary alicyclic amines) is 2. The molecule has 2 aliphatic rings. The van der Waals surface area contributed by atoms with Crippen molar-refractivity contribution in [3.63, 3.8) is 0 Å². The van der Waals surface area contributed by atoms with Crippen LogP contribution in [0.15, 0.2) is 0 Å². The van der Waals surface area contributed by atoms with Gasteiger partial charge in [0.2, 0.25) is 0 Å². The molecule has 2 saturated heterocycles. The van der Waals surface area contributed by atoms with E-state index in [0.29, 0.717) is 19.4 Å². The van der Waals surface area contributed by atoms with Crippen molar-refractivity contribution in [1.82, 2.24) is 9.80 Å². The van der Waals surface area contributed by atoms with Gasteiger partial charge in [0, 0.05) is 25.7 Å².